The number of amides is 1. The minimum absolute atomic E-state index is 0.0291. The molecule has 0 spiro atoms. The van der Waals surface area contributed by atoms with E-state index in [2.05, 4.69) is 10.1 Å². The van der Waals surface area contributed by atoms with Crippen molar-refractivity contribution in [1.29, 1.82) is 0 Å². The lowest BCUT2D eigenvalue weighted by Gasteiger charge is -2.33. The Kier molecular flexibility index (Phi) is 4.57. The van der Waals surface area contributed by atoms with Gasteiger partial charge in [0.15, 0.2) is 12.4 Å². The molecule has 1 atom stereocenters. The van der Waals surface area contributed by atoms with Crippen LogP contribution in [0, 0.1) is 13.8 Å². The van der Waals surface area contributed by atoms with Crippen LogP contribution in [0.4, 0.5) is 0 Å². The molecule has 1 fully saturated rings. The quantitative estimate of drug-likeness (QED) is 0.853. The fourth-order valence-electron chi connectivity index (χ4n) is 2.53. The summed E-state index contributed by atoms with van der Waals surface area (Å²) in [4.78, 5) is 18.2. The Labute approximate surface area is 134 Å². The molecule has 1 aromatic carbocycles. The van der Waals surface area contributed by atoms with E-state index >= 15 is 0 Å². The van der Waals surface area contributed by atoms with Gasteiger partial charge in [0, 0.05) is 6.54 Å². The molecular weight excluding hydrogens is 298 g/mol. The first kappa shape index (κ1) is 15.5. The molecule has 1 saturated heterocycles. The summed E-state index contributed by atoms with van der Waals surface area (Å²) in [6.45, 7) is 5.24. The topological polar surface area (TPSA) is 77.7 Å². The third-order valence-electron chi connectivity index (χ3n) is 3.82. The normalized spacial score (nSPS) is 18.0. The summed E-state index contributed by atoms with van der Waals surface area (Å²) < 4.78 is 15.9. The van der Waals surface area contributed by atoms with E-state index < -0.39 is 0 Å². The Hall–Kier alpha value is -2.41. The Balaban J connectivity index is 1.67. The lowest BCUT2D eigenvalue weighted by atomic mass is 10.1. The average Bonchev–Trinajstić information content (AvgIpc) is 3.10. The highest BCUT2D eigenvalue weighted by Crippen LogP contribution is 2.23. The number of aromatic nitrogens is 2. The molecule has 1 aliphatic heterocycles. The van der Waals surface area contributed by atoms with Gasteiger partial charge < -0.3 is 18.9 Å². The molecule has 3 rings (SSSR count). The molecule has 0 N–H and O–H groups in total. The summed E-state index contributed by atoms with van der Waals surface area (Å²) in [5.74, 6) is 1.05. The largest absolute Gasteiger partial charge is 0.483 e. The molecule has 1 aliphatic rings. The Bertz CT molecular complexity index is 672. The van der Waals surface area contributed by atoms with Gasteiger partial charge in [0.05, 0.1) is 13.2 Å². The number of carbonyl (C=O) groups excluding carboxylic acids is 1. The van der Waals surface area contributed by atoms with Crippen molar-refractivity contribution in [3.63, 3.8) is 0 Å². The number of rotatable bonds is 4. The molecule has 0 saturated carbocycles. The van der Waals surface area contributed by atoms with Gasteiger partial charge in [0.25, 0.3) is 5.91 Å². The highest BCUT2D eigenvalue weighted by molar-refractivity contribution is 5.78. The number of aryl methyl sites for hydroxylation is 2. The van der Waals surface area contributed by atoms with E-state index in [1.165, 1.54) is 6.39 Å². The number of benzene rings is 1. The van der Waals surface area contributed by atoms with E-state index in [0.29, 0.717) is 25.6 Å². The number of morpholine rings is 1. The molecule has 1 aromatic heterocycles. The molecule has 1 unspecified atom stereocenters. The maximum atomic E-state index is 12.5. The predicted octanol–water partition coefficient (Wildman–Crippen LogP) is 1.67. The summed E-state index contributed by atoms with van der Waals surface area (Å²) in [7, 11) is 0. The summed E-state index contributed by atoms with van der Waals surface area (Å²) >= 11 is 0. The predicted molar refractivity (Wildman–Crippen MR) is 81.0 cm³/mol. The van der Waals surface area contributed by atoms with Gasteiger partial charge in [-0.1, -0.05) is 17.3 Å². The van der Waals surface area contributed by atoms with Crippen molar-refractivity contribution >= 4 is 5.91 Å². The van der Waals surface area contributed by atoms with E-state index in [0.717, 1.165) is 16.9 Å². The fourth-order valence-corrected chi connectivity index (χ4v) is 2.53. The number of hydrogen-bond acceptors (Lipinski definition) is 6. The van der Waals surface area contributed by atoms with Crippen molar-refractivity contribution in [3.8, 4) is 5.75 Å². The standard InChI is InChI=1S/C16H19N3O4/c1-11-3-4-12(2)14(7-11)22-9-15(20)19-5-6-21-8-13(19)16-17-10-23-18-16/h3-4,7,10,13H,5-6,8-9H2,1-2H3. The number of ether oxygens (including phenoxy) is 2. The Morgan fingerprint density at radius 2 is 2.30 bits per heavy atom. The minimum Gasteiger partial charge on any atom is -0.483 e. The number of nitrogens with zero attached hydrogens (tertiary/aromatic N) is 3. The van der Waals surface area contributed by atoms with Crippen LogP contribution in [-0.2, 0) is 9.53 Å². The maximum absolute atomic E-state index is 12.5. The molecule has 0 bridgehead atoms. The zero-order valence-corrected chi connectivity index (χ0v) is 13.2. The van der Waals surface area contributed by atoms with Crippen LogP contribution < -0.4 is 4.74 Å². The number of carbonyl (C=O) groups is 1. The van der Waals surface area contributed by atoms with Crippen molar-refractivity contribution in [2.45, 2.75) is 19.9 Å². The van der Waals surface area contributed by atoms with E-state index in [9.17, 15) is 4.79 Å². The van der Waals surface area contributed by atoms with Crippen LogP contribution in [0.25, 0.3) is 0 Å². The first-order valence-corrected chi connectivity index (χ1v) is 7.48. The first-order valence-electron chi connectivity index (χ1n) is 7.48. The maximum Gasteiger partial charge on any atom is 0.261 e. The molecule has 2 aromatic rings. The van der Waals surface area contributed by atoms with Gasteiger partial charge in [0.1, 0.15) is 11.8 Å². The van der Waals surface area contributed by atoms with Crippen LogP contribution in [-0.4, -0.2) is 47.3 Å². The molecule has 7 heteroatoms. The smallest absolute Gasteiger partial charge is 0.261 e. The second-order valence-electron chi connectivity index (χ2n) is 5.52. The van der Waals surface area contributed by atoms with Crippen molar-refractivity contribution < 1.29 is 18.8 Å². The van der Waals surface area contributed by atoms with E-state index in [-0.39, 0.29) is 18.6 Å². The van der Waals surface area contributed by atoms with Gasteiger partial charge >= 0.3 is 0 Å². The van der Waals surface area contributed by atoms with E-state index in [4.69, 9.17) is 14.0 Å². The van der Waals surface area contributed by atoms with Gasteiger partial charge in [-0.2, -0.15) is 4.98 Å². The van der Waals surface area contributed by atoms with Crippen LogP contribution in [0.5, 0.6) is 5.75 Å². The molecule has 0 radical (unpaired) electrons. The lowest BCUT2D eigenvalue weighted by molar-refractivity contribution is -0.142. The van der Waals surface area contributed by atoms with Gasteiger partial charge in [0.2, 0.25) is 6.39 Å². The van der Waals surface area contributed by atoms with Crippen LogP contribution in [0.3, 0.4) is 0 Å². The SMILES string of the molecule is Cc1ccc(C)c(OCC(=O)N2CCOCC2c2ncon2)c1. The zero-order valence-electron chi connectivity index (χ0n) is 13.2. The van der Waals surface area contributed by atoms with Crippen LogP contribution >= 0.6 is 0 Å². The van der Waals surface area contributed by atoms with Gasteiger partial charge in [-0.3, -0.25) is 4.79 Å². The third-order valence-corrected chi connectivity index (χ3v) is 3.82. The Morgan fingerprint density at radius 1 is 1.43 bits per heavy atom. The van der Waals surface area contributed by atoms with Gasteiger partial charge in [-0.25, -0.2) is 0 Å². The molecule has 1 amide bonds. The van der Waals surface area contributed by atoms with Crippen molar-refractivity contribution in [3.05, 3.63) is 41.5 Å². The highest BCUT2D eigenvalue weighted by atomic mass is 16.5. The summed E-state index contributed by atoms with van der Waals surface area (Å²) in [5, 5.41) is 3.82. The van der Waals surface area contributed by atoms with E-state index in [1.807, 2.05) is 32.0 Å². The highest BCUT2D eigenvalue weighted by Gasteiger charge is 2.31. The van der Waals surface area contributed by atoms with Crippen LogP contribution in [0.2, 0.25) is 0 Å². The average molecular weight is 317 g/mol. The summed E-state index contributed by atoms with van der Waals surface area (Å²) in [6, 6.07) is 5.58. The van der Waals surface area contributed by atoms with Crippen molar-refractivity contribution in [2.24, 2.45) is 0 Å². The fraction of sp³-hybridized carbons (Fsp3) is 0.438. The minimum atomic E-state index is -0.336. The molecule has 0 aliphatic carbocycles. The van der Waals surface area contributed by atoms with Crippen LogP contribution in [0.1, 0.15) is 23.0 Å². The Morgan fingerprint density at radius 3 is 3.09 bits per heavy atom. The van der Waals surface area contributed by atoms with Gasteiger partial charge in [-0.15, -0.1) is 0 Å². The molecule has 2 heterocycles. The third kappa shape index (κ3) is 3.50. The molecule has 7 nitrogen and oxygen atoms in total. The van der Waals surface area contributed by atoms with Crippen molar-refractivity contribution in [1.82, 2.24) is 15.0 Å². The van der Waals surface area contributed by atoms with E-state index in [1.54, 1.807) is 4.90 Å². The summed E-state index contributed by atoms with van der Waals surface area (Å²) in [5.41, 5.74) is 2.09. The van der Waals surface area contributed by atoms with Crippen LogP contribution in [0.15, 0.2) is 29.1 Å². The van der Waals surface area contributed by atoms with Gasteiger partial charge in [-0.05, 0) is 31.0 Å². The number of hydrogen-bond donors (Lipinski definition) is 0. The molecular formula is C16H19N3O4. The second-order valence-corrected chi connectivity index (χ2v) is 5.52. The second kappa shape index (κ2) is 6.78. The molecule has 122 valence electrons. The van der Waals surface area contributed by atoms with Crippen molar-refractivity contribution in [2.75, 3.05) is 26.4 Å². The lowest BCUT2D eigenvalue weighted by Crippen LogP contribution is -2.45. The monoisotopic (exact) mass is 317 g/mol. The summed E-state index contributed by atoms with van der Waals surface area (Å²) in [6.07, 6.45) is 1.25. The zero-order chi connectivity index (χ0) is 16.2. The first-order chi connectivity index (χ1) is 11.1. The molecule has 23 heavy (non-hydrogen) atoms.